The Kier molecular flexibility index (Phi) is 100. The number of nitrogens with zero attached hydrogens (tertiary/aromatic N) is 1. The van der Waals surface area contributed by atoms with Crippen LogP contribution in [0.2, 0.25) is 0 Å². The molecule has 0 bridgehead atoms. The van der Waals surface area contributed by atoms with E-state index < -0.39 is 0 Å². The molecule has 0 aromatic rings. The molecule has 9 heteroatoms. The van der Waals surface area contributed by atoms with Crippen LogP contribution < -0.4 is 168 Å². The van der Waals surface area contributed by atoms with Crippen LogP contribution in [0, 0.1) is 0 Å². The van der Waals surface area contributed by atoms with E-state index in [-0.39, 0.29) is 189 Å². The number of unbranched alkanes of at least 4 members (excludes halogenated alkanes) is 4. The summed E-state index contributed by atoms with van der Waals surface area (Å²) >= 11 is 0. The molecule has 25 heavy (non-hydrogen) atoms. The van der Waals surface area contributed by atoms with E-state index in [1.54, 1.807) is 0 Å². The average Bonchev–Trinajstić information content (AvgIpc) is 2.37. The minimum atomic E-state index is 0. The van der Waals surface area contributed by atoms with Crippen molar-refractivity contribution in [3.63, 3.8) is 0 Å². The van der Waals surface area contributed by atoms with Crippen molar-refractivity contribution < 1.29 is 193 Å². The van der Waals surface area contributed by atoms with Gasteiger partial charge in [-0.3, -0.25) is 0 Å². The van der Waals surface area contributed by atoms with Crippen LogP contribution in [0.4, 0.5) is 0 Å². The van der Waals surface area contributed by atoms with E-state index in [4.69, 9.17) is 0 Å². The Balaban J connectivity index is -0.0000000457. The first-order valence-corrected chi connectivity index (χ1v) is 8.09. The quantitative estimate of drug-likeness (QED) is 0.135. The number of halogens is 7. The molecule has 0 atom stereocenters. The Morgan fingerprint density at radius 2 is 0.560 bits per heavy atom. The molecule has 0 radical (unpaired) electrons. The number of hydrogen-bond donors (Lipinski definition) is 0. The summed E-state index contributed by atoms with van der Waals surface area (Å²) in [6.07, 6.45) is 11.1. The van der Waals surface area contributed by atoms with Crippen molar-refractivity contribution in [3.05, 3.63) is 0 Å². The maximum absolute atomic E-state index is 2.33. The molecule has 0 rings (SSSR count). The summed E-state index contributed by atoms with van der Waals surface area (Å²) in [5.41, 5.74) is 0. The molecule has 0 fully saturated rings. The first-order chi connectivity index (χ1) is 8.24. The van der Waals surface area contributed by atoms with Crippen LogP contribution in [0.5, 0.6) is 0 Å². The Labute approximate surface area is 293 Å². The van der Waals surface area contributed by atoms with Crippen molar-refractivity contribution in [1.29, 1.82) is 0 Å². The molecule has 0 aliphatic carbocycles. The van der Waals surface area contributed by atoms with Crippen LogP contribution in [0.1, 0.15) is 79.1 Å². The second-order valence-corrected chi connectivity index (χ2v) is 5.65. The van der Waals surface area contributed by atoms with Crippen molar-refractivity contribution >= 4 is 0 Å². The minimum Gasteiger partial charge on any atom is -1.00 e. The molecular formula is C16H36I7NW-6. The van der Waals surface area contributed by atoms with Crippen LogP contribution in [0.3, 0.4) is 0 Å². The topological polar surface area (TPSA) is 0 Å². The fourth-order valence-electron chi connectivity index (χ4n) is 2.64. The van der Waals surface area contributed by atoms with Gasteiger partial charge >= 0.3 is 0 Å². The largest absolute Gasteiger partial charge is 1.00 e. The maximum atomic E-state index is 2.33. The third-order valence-electron chi connectivity index (χ3n) is 3.94. The van der Waals surface area contributed by atoms with E-state index in [1.165, 1.54) is 82.0 Å². The summed E-state index contributed by atoms with van der Waals surface area (Å²) < 4.78 is 1.42. The molecule has 0 amide bonds. The summed E-state index contributed by atoms with van der Waals surface area (Å²) in [5.74, 6) is 0. The Morgan fingerprint density at radius 3 is 0.680 bits per heavy atom. The average molecular weight is 1310 g/mol. The molecule has 0 aromatic heterocycles. The summed E-state index contributed by atoms with van der Waals surface area (Å²) in [6.45, 7) is 15.0. The third kappa shape index (κ3) is 34.6. The number of rotatable bonds is 12. The first kappa shape index (κ1) is 57.5. The molecule has 0 aliphatic heterocycles. The van der Waals surface area contributed by atoms with Crippen molar-refractivity contribution in [1.82, 2.24) is 0 Å². The molecule has 0 heterocycles. The Morgan fingerprint density at radius 1 is 0.400 bits per heavy atom. The van der Waals surface area contributed by atoms with Gasteiger partial charge in [0.15, 0.2) is 0 Å². The van der Waals surface area contributed by atoms with Gasteiger partial charge in [0.25, 0.3) is 0 Å². The van der Waals surface area contributed by atoms with Gasteiger partial charge in [-0.05, 0) is 25.7 Å². The zero-order chi connectivity index (χ0) is 13.0. The molecule has 0 N–H and O–H groups in total. The minimum absolute atomic E-state index is 0. The van der Waals surface area contributed by atoms with Gasteiger partial charge in [0.1, 0.15) is 0 Å². The Bertz CT molecular complexity index is 143. The van der Waals surface area contributed by atoms with Gasteiger partial charge in [-0.15, -0.1) is 0 Å². The summed E-state index contributed by atoms with van der Waals surface area (Å²) in [7, 11) is 0. The SMILES string of the molecule is CCCC[N+](CCCC)(CCCC)CCCC.[I-].[I-].[I-].[I-].[I-].[I-].[I-].[W]. The van der Waals surface area contributed by atoms with Crippen molar-refractivity contribution in [3.8, 4) is 0 Å². The smallest absolute Gasteiger partial charge is 0.0786 e. The van der Waals surface area contributed by atoms with Crippen molar-refractivity contribution in [2.24, 2.45) is 0 Å². The van der Waals surface area contributed by atoms with Crippen LogP contribution in [0.25, 0.3) is 0 Å². The van der Waals surface area contributed by atoms with Crippen LogP contribution in [-0.4, -0.2) is 30.7 Å². The summed E-state index contributed by atoms with van der Waals surface area (Å²) in [4.78, 5) is 0. The molecule has 0 aromatic carbocycles. The van der Waals surface area contributed by atoms with E-state index in [1.807, 2.05) is 0 Å². The van der Waals surface area contributed by atoms with Crippen molar-refractivity contribution in [2.75, 3.05) is 26.2 Å². The van der Waals surface area contributed by atoms with Crippen molar-refractivity contribution in [2.45, 2.75) is 79.1 Å². The third-order valence-corrected chi connectivity index (χ3v) is 3.94. The van der Waals surface area contributed by atoms with Gasteiger partial charge in [0.05, 0.1) is 26.2 Å². The van der Waals surface area contributed by atoms with E-state index in [2.05, 4.69) is 27.7 Å². The van der Waals surface area contributed by atoms with Crippen LogP contribution >= 0.6 is 0 Å². The molecule has 0 spiro atoms. The number of quaternary nitrogens is 1. The summed E-state index contributed by atoms with van der Waals surface area (Å²) in [5, 5.41) is 0. The molecule has 0 aliphatic rings. The molecule has 0 unspecified atom stereocenters. The number of hydrogen-bond acceptors (Lipinski definition) is 0. The molecule has 166 valence electrons. The van der Waals surface area contributed by atoms with Crippen LogP contribution in [-0.2, 0) is 21.1 Å². The van der Waals surface area contributed by atoms with Gasteiger partial charge in [0, 0.05) is 21.1 Å². The first-order valence-electron chi connectivity index (χ1n) is 8.09. The molecule has 0 saturated heterocycles. The van der Waals surface area contributed by atoms with Gasteiger partial charge in [-0.25, -0.2) is 0 Å². The zero-order valence-corrected chi connectivity index (χ0v) is 34.0. The molecular weight excluding hydrogens is 1280 g/mol. The maximum Gasteiger partial charge on any atom is 0.0786 e. The fourth-order valence-corrected chi connectivity index (χ4v) is 2.64. The second kappa shape index (κ2) is 43.6. The predicted octanol–water partition coefficient (Wildman–Crippen LogP) is -16.0. The standard InChI is InChI=1S/C16H36N.7HI.W/c1-5-9-13-17(14-10-6-2,15-11-7-3)16-12-8-4;;;;;;;;/h5-16H2,1-4H3;7*1H;/q+1;;;;;;;;/p-7. The predicted molar refractivity (Wildman–Crippen MR) is 79.4 cm³/mol. The fraction of sp³-hybridized carbons (Fsp3) is 1.00. The van der Waals surface area contributed by atoms with E-state index >= 15 is 0 Å². The normalized spacial score (nSPS) is 8.16. The summed E-state index contributed by atoms with van der Waals surface area (Å²) in [6, 6.07) is 0. The molecule has 0 saturated carbocycles. The van der Waals surface area contributed by atoms with Gasteiger partial charge in [-0.1, -0.05) is 53.4 Å². The van der Waals surface area contributed by atoms with Crippen LogP contribution in [0.15, 0.2) is 0 Å². The van der Waals surface area contributed by atoms with Gasteiger partial charge in [-0.2, -0.15) is 0 Å². The monoisotopic (exact) mass is 1310 g/mol. The Hall–Kier alpha value is 5.76. The van der Waals surface area contributed by atoms with E-state index in [0.29, 0.717) is 0 Å². The van der Waals surface area contributed by atoms with Gasteiger partial charge in [0.2, 0.25) is 0 Å². The zero-order valence-electron chi connectivity index (χ0n) is 16.0. The second-order valence-electron chi connectivity index (χ2n) is 5.65. The van der Waals surface area contributed by atoms with E-state index in [9.17, 15) is 0 Å². The van der Waals surface area contributed by atoms with Gasteiger partial charge < -0.3 is 172 Å². The van der Waals surface area contributed by atoms with E-state index in [0.717, 1.165) is 0 Å². The molecule has 1 nitrogen and oxygen atoms in total.